The van der Waals surface area contributed by atoms with Gasteiger partial charge in [0.05, 0.1) is 0 Å². The summed E-state index contributed by atoms with van der Waals surface area (Å²) in [6.07, 6.45) is 0. The molecule has 3 heteroatoms. The van der Waals surface area contributed by atoms with Crippen LogP contribution in [-0.4, -0.2) is 4.98 Å². The first-order chi connectivity index (χ1) is 8.41. The van der Waals surface area contributed by atoms with Crippen LogP contribution in [-0.2, 0) is 0 Å². The molecule has 1 heterocycles. The summed E-state index contributed by atoms with van der Waals surface area (Å²) in [5.41, 5.74) is 11.5. The highest BCUT2D eigenvalue weighted by atomic mass is 16.4. The van der Waals surface area contributed by atoms with Crippen LogP contribution in [0.5, 0.6) is 0 Å². The van der Waals surface area contributed by atoms with Crippen molar-refractivity contribution < 1.29 is 4.42 Å². The minimum absolute atomic E-state index is 0.242. The monoisotopic (exact) mass is 244 g/mol. The number of anilines is 1. The number of benzene rings is 1. The molecule has 2 rings (SSSR count). The molecule has 0 amide bonds. The van der Waals surface area contributed by atoms with Gasteiger partial charge in [0, 0.05) is 11.5 Å². The number of oxazole rings is 1. The van der Waals surface area contributed by atoms with Crippen LogP contribution in [0.25, 0.3) is 11.3 Å². The van der Waals surface area contributed by atoms with Gasteiger partial charge < -0.3 is 10.2 Å². The third-order valence-corrected chi connectivity index (χ3v) is 3.51. The van der Waals surface area contributed by atoms with E-state index >= 15 is 0 Å². The molecule has 0 aliphatic heterocycles. The lowest BCUT2D eigenvalue weighted by atomic mass is 9.95. The molecule has 18 heavy (non-hydrogen) atoms. The molecular weight excluding hydrogens is 224 g/mol. The summed E-state index contributed by atoms with van der Waals surface area (Å²) in [4.78, 5) is 4.34. The Hall–Kier alpha value is -1.77. The van der Waals surface area contributed by atoms with Crippen LogP contribution >= 0.6 is 0 Å². The van der Waals surface area contributed by atoms with Gasteiger partial charge in [-0.15, -0.1) is 0 Å². The van der Waals surface area contributed by atoms with Crippen LogP contribution in [0.2, 0.25) is 0 Å². The van der Waals surface area contributed by atoms with Gasteiger partial charge in [-0.25, -0.2) is 0 Å². The number of nitrogen functional groups attached to an aromatic ring is 1. The van der Waals surface area contributed by atoms with E-state index in [0.29, 0.717) is 0 Å². The third kappa shape index (κ3) is 2.01. The van der Waals surface area contributed by atoms with Crippen molar-refractivity contribution in [1.82, 2.24) is 4.98 Å². The molecule has 0 aliphatic carbocycles. The molecule has 0 bridgehead atoms. The van der Waals surface area contributed by atoms with Crippen molar-refractivity contribution in [2.45, 2.75) is 40.5 Å². The zero-order chi connectivity index (χ0) is 13.4. The van der Waals surface area contributed by atoms with Gasteiger partial charge in [-0.3, -0.25) is 0 Å². The predicted molar refractivity (Wildman–Crippen MR) is 74.7 cm³/mol. The molecule has 0 spiro atoms. The Kier molecular flexibility index (Phi) is 3.16. The first-order valence-corrected chi connectivity index (χ1v) is 6.25. The van der Waals surface area contributed by atoms with Crippen molar-refractivity contribution in [2.75, 3.05) is 5.73 Å². The fraction of sp³-hybridized carbons (Fsp3) is 0.400. The summed E-state index contributed by atoms with van der Waals surface area (Å²) >= 11 is 0. The van der Waals surface area contributed by atoms with E-state index < -0.39 is 0 Å². The maximum absolute atomic E-state index is 5.69. The van der Waals surface area contributed by atoms with Crippen molar-refractivity contribution in [3.8, 4) is 11.3 Å². The van der Waals surface area contributed by atoms with E-state index in [2.05, 4.69) is 51.7 Å². The standard InChI is InChI=1S/C15H20N2O/c1-8(2)14-13(17-15(16)18-14)12-7-6-9(3)10(4)11(12)5/h6-8H,1-5H3,(H2,16,17). The molecule has 1 aromatic heterocycles. The molecule has 3 nitrogen and oxygen atoms in total. The summed E-state index contributed by atoms with van der Waals surface area (Å²) in [6, 6.07) is 4.46. The van der Waals surface area contributed by atoms with E-state index in [1.165, 1.54) is 16.7 Å². The largest absolute Gasteiger partial charge is 0.428 e. The Morgan fingerprint density at radius 1 is 1.11 bits per heavy atom. The molecule has 0 radical (unpaired) electrons. The lowest BCUT2D eigenvalue weighted by molar-refractivity contribution is 0.500. The SMILES string of the molecule is Cc1ccc(-c2nc(N)oc2C(C)C)c(C)c1C. The minimum Gasteiger partial charge on any atom is -0.428 e. The quantitative estimate of drug-likeness (QED) is 0.869. The average molecular weight is 244 g/mol. The lowest BCUT2D eigenvalue weighted by Crippen LogP contribution is -1.95. The highest BCUT2D eigenvalue weighted by molar-refractivity contribution is 5.69. The second kappa shape index (κ2) is 4.48. The smallest absolute Gasteiger partial charge is 0.292 e. The Morgan fingerprint density at radius 3 is 2.39 bits per heavy atom. The molecule has 96 valence electrons. The molecule has 0 fully saturated rings. The van der Waals surface area contributed by atoms with E-state index in [4.69, 9.17) is 10.2 Å². The number of nitrogens with zero attached hydrogens (tertiary/aromatic N) is 1. The summed E-state index contributed by atoms with van der Waals surface area (Å²) in [5, 5.41) is 0. The van der Waals surface area contributed by atoms with Crippen molar-refractivity contribution in [1.29, 1.82) is 0 Å². The number of nitrogens with two attached hydrogens (primary N) is 1. The second-order valence-corrected chi connectivity index (χ2v) is 5.10. The number of hydrogen-bond acceptors (Lipinski definition) is 3. The summed E-state index contributed by atoms with van der Waals surface area (Å²) in [5.74, 6) is 1.13. The van der Waals surface area contributed by atoms with Crippen LogP contribution in [0, 0.1) is 20.8 Å². The molecule has 0 aliphatic rings. The zero-order valence-electron chi connectivity index (χ0n) is 11.7. The Balaban J connectivity index is 2.66. The van der Waals surface area contributed by atoms with Crippen molar-refractivity contribution >= 4 is 6.01 Å². The van der Waals surface area contributed by atoms with Gasteiger partial charge in [0.25, 0.3) is 6.01 Å². The van der Waals surface area contributed by atoms with Gasteiger partial charge in [0.1, 0.15) is 11.5 Å². The summed E-state index contributed by atoms with van der Waals surface area (Å²) in [7, 11) is 0. The van der Waals surface area contributed by atoms with Crippen LogP contribution in [0.4, 0.5) is 6.01 Å². The van der Waals surface area contributed by atoms with Crippen LogP contribution < -0.4 is 5.73 Å². The van der Waals surface area contributed by atoms with E-state index in [-0.39, 0.29) is 11.9 Å². The Bertz CT molecular complexity index is 582. The molecule has 0 saturated carbocycles. The number of aryl methyl sites for hydroxylation is 1. The number of hydrogen-bond donors (Lipinski definition) is 1. The van der Waals surface area contributed by atoms with Gasteiger partial charge in [-0.1, -0.05) is 26.0 Å². The number of aromatic nitrogens is 1. The minimum atomic E-state index is 0.242. The maximum atomic E-state index is 5.69. The topological polar surface area (TPSA) is 52.0 Å². The highest BCUT2D eigenvalue weighted by Gasteiger charge is 2.18. The molecule has 0 atom stereocenters. The molecular formula is C15H20N2O. The molecule has 2 aromatic rings. The molecule has 2 N–H and O–H groups in total. The van der Waals surface area contributed by atoms with Gasteiger partial charge >= 0.3 is 0 Å². The summed E-state index contributed by atoms with van der Waals surface area (Å²) < 4.78 is 5.52. The molecule has 0 saturated heterocycles. The van der Waals surface area contributed by atoms with Crippen LogP contribution in [0.1, 0.15) is 42.2 Å². The van der Waals surface area contributed by atoms with E-state index in [1.807, 2.05) is 0 Å². The van der Waals surface area contributed by atoms with E-state index in [0.717, 1.165) is 17.0 Å². The first-order valence-electron chi connectivity index (χ1n) is 6.25. The Labute approximate surface area is 108 Å². The van der Waals surface area contributed by atoms with E-state index in [1.54, 1.807) is 0 Å². The Morgan fingerprint density at radius 2 is 1.78 bits per heavy atom. The van der Waals surface area contributed by atoms with Crippen LogP contribution in [0.3, 0.4) is 0 Å². The highest BCUT2D eigenvalue weighted by Crippen LogP contribution is 2.34. The molecule has 1 aromatic carbocycles. The zero-order valence-corrected chi connectivity index (χ0v) is 11.7. The second-order valence-electron chi connectivity index (χ2n) is 5.10. The van der Waals surface area contributed by atoms with Crippen LogP contribution in [0.15, 0.2) is 16.5 Å². The van der Waals surface area contributed by atoms with Gasteiger partial charge in [0.2, 0.25) is 0 Å². The lowest BCUT2D eigenvalue weighted by Gasteiger charge is -2.11. The number of rotatable bonds is 2. The van der Waals surface area contributed by atoms with Crippen molar-refractivity contribution in [3.05, 3.63) is 34.6 Å². The van der Waals surface area contributed by atoms with Crippen molar-refractivity contribution in [2.24, 2.45) is 0 Å². The van der Waals surface area contributed by atoms with Crippen molar-refractivity contribution in [3.63, 3.8) is 0 Å². The van der Waals surface area contributed by atoms with E-state index in [9.17, 15) is 0 Å². The predicted octanol–water partition coefficient (Wildman–Crippen LogP) is 3.97. The third-order valence-electron chi connectivity index (χ3n) is 3.51. The van der Waals surface area contributed by atoms with Gasteiger partial charge in [-0.05, 0) is 37.5 Å². The fourth-order valence-electron chi connectivity index (χ4n) is 2.15. The van der Waals surface area contributed by atoms with Gasteiger partial charge in [0.15, 0.2) is 0 Å². The van der Waals surface area contributed by atoms with Gasteiger partial charge in [-0.2, -0.15) is 4.98 Å². The fourth-order valence-corrected chi connectivity index (χ4v) is 2.15. The summed E-state index contributed by atoms with van der Waals surface area (Å²) in [6.45, 7) is 10.5. The maximum Gasteiger partial charge on any atom is 0.292 e. The normalized spacial score (nSPS) is 11.2. The average Bonchev–Trinajstić information content (AvgIpc) is 2.68. The molecule has 0 unspecified atom stereocenters. The first kappa shape index (κ1) is 12.7.